The Bertz CT molecular complexity index is 797. The molecule has 1 N–H and O–H groups in total. The van der Waals surface area contributed by atoms with Crippen LogP contribution in [0.15, 0.2) is 54.8 Å². The van der Waals surface area contributed by atoms with Crippen LogP contribution in [0.5, 0.6) is 0 Å². The first-order chi connectivity index (χ1) is 14.7. The molecule has 2 aliphatic heterocycles. The minimum atomic E-state index is 0.552. The van der Waals surface area contributed by atoms with Gasteiger partial charge in [-0.25, -0.2) is 0 Å². The van der Waals surface area contributed by atoms with Gasteiger partial charge in [-0.2, -0.15) is 0 Å². The molecule has 0 radical (unpaired) electrons. The second-order valence-corrected chi connectivity index (χ2v) is 9.08. The SMILES string of the molecule is C=C(C)C1=CN2c3c(cc(C)cc3C1=C)CCC2C.C=C(C)CCNCCC.CCC. The van der Waals surface area contributed by atoms with Crippen molar-refractivity contribution >= 4 is 11.3 Å². The second-order valence-electron chi connectivity index (χ2n) is 9.08. The van der Waals surface area contributed by atoms with Crippen LogP contribution in [-0.4, -0.2) is 19.1 Å². The zero-order valence-corrected chi connectivity index (χ0v) is 21.3. The number of nitrogens with one attached hydrogen (secondary N) is 1. The van der Waals surface area contributed by atoms with Crippen molar-refractivity contribution in [2.24, 2.45) is 0 Å². The van der Waals surface area contributed by atoms with Gasteiger partial charge in [0, 0.05) is 23.4 Å². The van der Waals surface area contributed by atoms with Gasteiger partial charge < -0.3 is 10.2 Å². The predicted octanol–water partition coefficient (Wildman–Crippen LogP) is 7.99. The topological polar surface area (TPSA) is 15.3 Å². The normalized spacial score (nSPS) is 16.2. The highest BCUT2D eigenvalue weighted by Crippen LogP contribution is 2.44. The van der Waals surface area contributed by atoms with E-state index in [1.54, 1.807) is 0 Å². The number of benzene rings is 1. The maximum atomic E-state index is 4.30. The molecule has 1 unspecified atom stereocenters. The highest BCUT2D eigenvalue weighted by Gasteiger charge is 2.30. The quantitative estimate of drug-likeness (QED) is 0.369. The highest BCUT2D eigenvalue weighted by molar-refractivity contribution is 5.93. The van der Waals surface area contributed by atoms with Crippen LogP contribution in [0.1, 0.15) is 83.9 Å². The summed E-state index contributed by atoms with van der Waals surface area (Å²) in [5.74, 6) is 0. The molecule has 0 saturated carbocycles. The Morgan fingerprint density at radius 3 is 2.32 bits per heavy atom. The molecule has 0 fully saturated rings. The van der Waals surface area contributed by atoms with Gasteiger partial charge in [0.05, 0.1) is 5.69 Å². The zero-order valence-electron chi connectivity index (χ0n) is 21.3. The smallest absolute Gasteiger partial charge is 0.0521 e. The van der Waals surface area contributed by atoms with Crippen LogP contribution in [0, 0.1) is 6.92 Å². The first-order valence-electron chi connectivity index (χ1n) is 12.0. The lowest BCUT2D eigenvalue weighted by molar-refractivity contribution is 0.610. The van der Waals surface area contributed by atoms with Gasteiger partial charge in [0.2, 0.25) is 0 Å². The van der Waals surface area contributed by atoms with Crippen molar-refractivity contribution in [3.8, 4) is 0 Å². The number of rotatable bonds is 6. The van der Waals surface area contributed by atoms with E-state index >= 15 is 0 Å². The Morgan fingerprint density at radius 1 is 1.13 bits per heavy atom. The zero-order chi connectivity index (χ0) is 23.6. The largest absolute Gasteiger partial charge is 0.344 e. The predicted molar refractivity (Wildman–Crippen MR) is 142 cm³/mol. The first-order valence-corrected chi connectivity index (χ1v) is 12.0. The average Bonchev–Trinajstić information content (AvgIpc) is 2.70. The third-order valence-electron chi connectivity index (χ3n) is 5.43. The van der Waals surface area contributed by atoms with E-state index in [9.17, 15) is 0 Å². The Kier molecular flexibility index (Phi) is 11.6. The Hall–Kier alpha value is -2.06. The molecular weight excluding hydrogens is 376 g/mol. The molecule has 1 aromatic carbocycles. The van der Waals surface area contributed by atoms with Crippen molar-refractivity contribution in [3.05, 3.63) is 71.5 Å². The van der Waals surface area contributed by atoms with Crippen LogP contribution >= 0.6 is 0 Å². The number of anilines is 1. The third kappa shape index (κ3) is 7.85. The molecule has 1 atom stereocenters. The van der Waals surface area contributed by atoms with Crippen LogP contribution in [0.4, 0.5) is 5.69 Å². The molecule has 0 amide bonds. The molecule has 3 rings (SSSR count). The average molecular weight is 423 g/mol. The summed E-state index contributed by atoms with van der Waals surface area (Å²) in [7, 11) is 0. The van der Waals surface area contributed by atoms with Gasteiger partial charge >= 0.3 is 0 Å². The maximum absolute atomic E-state index is 4.30. The third-order valence-corrected chi connectivity index (χ3v) is 5.43. The molecule has 0 bridgehead atoms. The molecule has 2 heterocycles. The van der Waals surface area contributed by atoms with E-state index in [0.717, 1.165) is 30.7 Å². The number of hydrogen-bond donors (Lipinski definition) is 1. The van der Waals surface area contributed by atoms with Gasteiger partial charge in [-0.1, -0.05) is 57.6 Å². The van der Waals surface area contributed by atoms with Crippen molar-refractivity contribution in [3.63, 3.8) is 0 Å². The fourth-order valence-corrected chi connectivity index (χ4v) is 3.83. The number of aryl methyl sites for hydroxylation is 2. The minimum Gasteiger partial charge on any atom is -0.344 e. The summed E-state index contributed by atoms with van der Waals surface area (Å²) in [6.45, 7) is 29.5. The van der Waals surface area contributed by atoms with E-state index in [1.807, 2.05) is 0 Å². The molecule has 31 heavy (non-hydrogen) atoms. The lowest BCUT2D eigenvalue weighted by atomic mass is 9.84. The second kappa shape index (κ2) is 13.4. The van der Waals surface area contributed by atoms with Crippen molar-refractivity contribution in [1.82, 2.24) is 5.32 Å². The van der Waals surface area contributed by atoms with Crippen LogP contribution in [0.3, 0.4) is 0 Å². The van der Waals surface area contributed by atoms with E-state index in [1.165, 1.54) is 59.2 Å². The fourth-order valence-electron chi connectivity index (χ4n) is 3.83. The minimum absolute atomic E-state index is 0.552. The Balaban J connectivity index is 0.000000339. The van der Waals surface area contributed by atoms with E-state index in [0.29, 0.717) is 6.04 Å². The summed E-state index contributed by atoms with van der Waals surface area (Å²) < 4.78 is 0. The molecule has 2 heteroatoms. The summed E-state index contributed by atoms with van der Waals surface area (Å²) in [6, 6.07) is 5.14. The molecule has 172 valence electrons. The standard InChI is InChI=1S/C18H21N.C8H17N.C3H8/c1-11(2)17-10-19-13(4)6-7-15-8-12(3)9-16(14(17)5)18(15)19;1-4-6-9-7-5-8(2)3;1-3-2/h8-10,13H,1,5-7H2,2-4H3;9H,2,4-7H2,1,3H3;3H2,1-2H3. The van der Waals surface area contributed by atoms with E-state index in [4.69, 9.17) is 0 Å². The van der Waals surface area contributed by atoms with Gasteiger partial charge in [0.15, 0.2) is 0 Å². The molecule has 1 aromatic rings. The van der Waals surface area contributed by atoms with Crippen molar-refractivity contribution in [2.45, 2.75) is 86.6 Å². The molecule has 2 nitrogen and oxygen atoms in total. The first kappa shape index (κ1) is 27.0. The summed E-state index contributed by atoms with van der Waals surface area (Å²) in [4.78, 5) is 2.42. The lowest BCUT2D eigenvalue weighted by Gasteiger charge is -2.40. The Labute approximate surface area is 192 Å². The van der Waals surface area contributed by atoms with Crippen LogP contribution < -0.4 is 10.2 Å². The van der Waals surface area contributed by atoms with Crippen molar-refractivity contribution < 1.29 is 0 Å². The number of allylic oxidation sites excluding steroid dienone is 3. The molecule has 0 spiro atoms. The van der Waals surface area contributed by atoms with Crippen molar-refractivity contribution in [2.75, 3.05) is 18.0 Å². The van der Waals surface area contributed by atoms with Gasteiger partial charge in [0.25, 0.3) is 0 Å². The van der Waals surface area contributed by atoms with Gasteiger partial charge in [0.1, 0.15) is 0 Å². The maximum Gasteiger partial charge on any atom is 0.0521 e. The fraction of sp³-hybridized carbons (Fsp3) is 0.517. The number of nitrogens with zero attached hydrogens (tertiary/aromatic N) is 1. The molecule has 0 saturated heterocycles. The molecule has 0 aromatic heterocycles. The molecular formula is C29H46N2. The van der Waals surface area contributed by atoms with Gasteiger partial charge in [-0.05, 0) is 89.2 Å². The Morgan fingerprint density at radius 2 is 1.77 bits per heavy atom. The summed E-state index contributed by atoms with van der Waals surface area (Å²) in [6.07, 6.45) is 8.21. The monoisotopic (exact) mass is 422 g/mol. The number of hydrogen-bond acceptors (Lipinski definition) is 2. The highest BCUT2D eigenvalue weighted by atomic mass is 15.2. The lowest BCUT2D eigenvalue weighted by Crippen LogP contribution is -2.35. The van der Waals surface area contributed by atoms with Crippen LogP contribution in [0.2, 0.25) is 0 Å². The van der Waals surface area contributed by atoms with E-state index < -0.39 is 0 Å². The van der Waals surface area contributed by atoms with Crippen LogP contribution in [-0.2, 0) is 6.42 Å². The molecule has 0 aliphatic carbocycles. The summed E-state index contributed by atoms with van der Waals surface area (Å²) >= 11 is 0. The van der Waals surface area contributed by atoms with Crippen LogP contribution in [0.25, 0.3) is 5.57 Å². The van der Waals surface area contributed by atoms with Crippen molar-refractivity contribution in [1.29, 1.82) is 0 Å². The van der Waals surface area contributed by atoms with Gasteiger partial charge in [-0.3, -0.25) is 0 Å². The summed E-state index contributed by atoms with van der Waals surface area (Å²) in [5.41, 5.74) is 10.1. The van der Waals surface area contributed by atoms with Gasteiger partial charge in [-0.15, -0.1) is 6.58 Å². The summed E-state index contributed by atoms with van der Waals surface area (Å²) in [5, 5.41) is 3.31. The van der Waals surface area contributed by atoms with E-state index in [2.05, 4.69) is 96.8 Å². The van der Waals surface area contributed by atoms with E-state index in [-0.39, 0.29) is 0 Å². The molecule has 2 aliphatic rings.